The molecule has 0 saturated heterocycles. The number of hydrogen-bond donors (Lipinski definition) is 0. The van der Waals surface area contributed by atoms with E-state index in [1.54, 1.807) is 25.3 Å². The van der Waals surface area contributed by atoms with E-state index >= 15 is 0 Å². The summed E-state index contributed by atoms with van der Waals surface area (Å²) < 4.78 is 17.6. The summed E-state index contributed by atoms with van der Waals surface area (Å²) in [6.45, 7) is 4.09. The van der Waals surface area contributed by atoms with E-state index in [0.29, 0.717) is 6.54 Å². The number of hydrogen-bond acceptors (Lipinski definition) is 2. The highest BCUT2D eigenvalue weighted by Crippen LogP contribution is 2.05. The van der Waals surface area contributed by atoms with Crippen molar-refractivity contribution >= 4 is 6.09 Å². The molecule has 1 rings (SSSR count). The maximum atomic E-state index is 12.6. The van der Waals surface area contributed by atoms with Gasteiger partial charge in [-0.3, -0.25) is 0 Å². The Bertz CT molecular complexity index is 362. The average Bonchev–Trinajstić information content (AvgIpc) is 2.28. The van der Waals surface area contributed by atoms with Crippen LogP contribution in [-0.4, -0.2) is 24.6 Å². The van der Waals surface area contributed by atoms with Gasteiger partial charge in [-0.1, -0.05) is 18.2 Å². The molecule has 0 radical (unpaired) electrons. The van der Waals surface area contributed by atoms with Crippen molar-refractivity contribution in [2.45, 2.75) is 6.61 Å². The van der Waals surface area contributed by atoms with E-state index < -0.39 is 6.09 Å². The Morgan fingerprint density at radius 3 is 2.69 bits per heavy atom. The van der Waals surface area contributed by atoms with E-state index in [1.165, 1.54) is 17.0 Å². The summed E-state index contributed by atoms with van der Waals surface area (Å²) in [4.78, 5) is 12.8. The van der Waals surface area contributed by atoms with Gasteiger partial charge in [-0.2, -0.15) is 0 Å². The molecule has 1 aromatic rings. The molecule has 0 heterocycles. The molecule has 0 saturated carbocycles. The van der Waals surface area contributed by atoms with Gasteiger partial charge in [-0.25, -0.2) is 9.18 Å². The van der Waals surface area contributed by atoms with Crippen molar-refractivity contribution in [3.63, 3.8) is 0 Å². The number of rotatable bonds is 4. The first-order chi connectivity index (χ1) is 7.63. The van der Waals surface area contributed by atoms with Gasteiger partial charge >= 0.3 is 6.09 Å². The van der Waals surface area contributed by atoms with Crippen LogP contribution < -0.4 is 0 Å². The molecule has 0 aliphatic carbocycles. The van der Waals surface area contributed by atoms with E-state index in [9.17, 15) is 9.18 Å². The van der Waals surface area contributed by atoms with Crippen LogP contribution >= 0.6 is 0 Å². The lowest BCUT2D eigenvalue weighted by Crippen LogP contribution is -2.27. The lowest BCUT2D eigenvalue weighted by molar-refractivity contribution is 0.108. The fourth-order valence-corrected chi connectivity index (χ4v) is 1.10. The van der Waals surface area contributed by atoms with Gasteiger partial charge in [0.15, 0.2) is 0 Å². The van der Waals surface area contributed by atoms with E-state index in [0.717, 1.165) is 5.56 Å². The van der Waals surface area contributed by atoms with Crippen LogP contribution in [0.3, 0.4) is 0 Å². The quantitative estimate of drug-likeness (QED) is 0.734. The Kier molecular flexibility index (Phi) is 4.51. The van der Waals surface area contributed by atoms with E-state index in [2.05, 4.69) is 6.58 Å². The van der Waals surface area contributed by atoms with Gasteiger partial charge in [0, 0.05) is 13.6 Å². The largest absolute Gasteiger partial charge is 0.445 e. The molecule has 3 nitrogen and oxygen atoms in total. The molecule has 0 atom stereocenters. The Morgan fingerprint density at radius 1 is 1.50 bits per heavy atom. The van der Waals surface area contributed by atoms with Crippen molar-refractivity contribution in [3.8, 4) is 0 Å². The molecule has 1 aromatic carbocycles. The monoisotopic (exact) mass is 223 g/mol. The van der Waals surface area contributed by atoms with E-state index in [4.69, 9.17) is 4.74 Å². The average molecular weight is 223 g/mol. The second-order valence-electron chi connectivity index (χ2n) is 3.35. The van der Waals surface area contributed by atoms with Gasteiger partial charge in [-0.15, -0.1) is 6.58 Å². The molecular weight excluding hydrogens is 209 g/mol. The molecule has 1 amide bonds. The first-order valence-electron chi connectivity index (χ1n) is 4.86. The van der Waals surface area contributed by atoms with Crippen molar-refractivity contribution in [3.05, 3.63) is 48.3 Å². The van der Waals surface area contributed by atoms with Crippen molar-refractivity contribution < 1.29 is 13.9 Å². The lowest BCUT2D eigenvalue weighted by Gasteiger charge is -2.14. The summed E-state index contributed by atoms with van der Waals surface area (Å²) in [5.41, 5.74) is 0.752. The summed E-state index contributed by atoms with van der Waals surface area (Å²) in [7, 11) is 1.62. The third-order valence-corrected chi connectivity index (χ3v) is 1.99. The third kappa shape index (κ3) is 3.73. The first-order valence-corrected chi connectivity index (χ1v) is 4.86. The van der Waals surface area contributed by atoms with Gasteiger partial charge in [0.1, 0.15) is 12.4 Å². The third-order valence-electron chi connectivity index (χ3n) is 1.99. The van der Waals surface area contributed by atoms with Gasteiger partial charge in [0.2, 0.25) is 0 Å². The molecule has 0 aliphatic heterocycles. The fraction of sp³-hybridized carbons (Fsp3) is 0.250. The van der Waals surface area contributed by atoms with Crippen LogP contribution in [0.15, 0.2) is 36.9 Å². The van der Waals surface area contributed by atoms with Crippen molar-refractivity contribution in [2.75, 3.05) is 13.6 Å². The molecular formula is C12H14FNO2. The number of ether oxygens (including phenoxy) is 1. The summed E-state index contributed by atoms with van der Waals surface area (Å²) in [6.07, 6.45) is 1.18. The molecule has 16 heavy (non-hydrogen) atoms. The zero-order valence-corrected chi connectivity index (χ0v) is 9.15. The topological polar surface area (TPSA) is 29.5 Å². The molecule has 4 heteroatoms. The Balaban J connectivity index is 2.42. The molecule has 0 spiro atoms. The van der Waals surface area contributed by atoms with Crippen molar-refractivity contribution in [1.29, 1.82) is 0 Å². The standard InChI is InChI=1S/C12H14FNO2/c1-3-8-14(2)12(15)16-9-10-4-6-11(13)7-5-10/h3-7H,1,8-9H2,2H3. The Morgan fingerprint density at radius 2 is 2.12 bits per heavy atom. The van der Waals surface area contributed by atoms with Gasteiger partial charge in [0.05, 0.1) is 0 Å². The maximum Gasteiger partial charge on any atom is 0.410 e. The molecule has 0 N–H and O–H groups in total. The minimum absolute atomic E-state index is 0.139. The Hall–Kier alpha value is -1.84. The number of likely N-dealkylation sites (N-methyl/N-ethyl adjacent to an activating group) is 1. The zero-order chi connectivity index (χ0) is 12.0. The maximum absolute atomic E-state index is 12.6. The molecule has 0 aliphatic rings. The molecule has 86 valence electrons. The van der Waals surface area contributed by atoms with Gasteiger partial charge < -0.3 is 9.64 Å². The number of halogens is 1. The van der Waals surface area contributed by atoms with Crippen LogP contribution in [0.1, 0.15) is 5.56 Å². The SMILES string of the molecule is C=CCN(C)C(=O)OCc1ccc(F)cc1. The summed E-state index contributed by atoms with van der Waals surface area (Å²) >= 11 is 0. The number of carbonyl (C=O) groups is 1. The second kappa shape index (κ2) is 5.90. The van der Waals surface area contributed by atoms with Gasteiger partial charge in [0.25, 0.3) is 0 Å². The van der Waals surface area contributed by atoms with Crippen molar-refractivity contribution in [2.24, 2.45) is 0 Å². The molecule has 0 bridgehead atoms. The van der Waals surface area contributed by atoms with Crippen LogP contribution in [-0.2, 0) is 11.3 Å². The van der Waals surface area contributed by atoms with Crippen LogP contribution in [0.25, 0.3) is 0 Å². The molecule has 0 aromatic heterocycles. The van der Waals surface area contributed by atoms with Crippen molar-refractivity contribution in [1.82, 2.24) is 4.90 Å². The number of nitrogens with zero attached hydrogens (tertiary/aromatic N) is 1. The zero-order valence-electron chi connectivity index (χ0n) is 9.15. The predicted octanol–water partition coefficient (Wildman–Crippen LogP) is 2.58. The molecule has 0 fully saturated rings. The predicted molar refractivity (Wildman–Crippen MR) is 59.4 cm³/mol. The number of carbonyl (C=O) groups excluding carboxylic acids is 1. The number of benzene rings is 1. The van der Waals surface area contributed by atoms with Crippen LogP contribution in [0.5, 0.6) is 0 Å². The highest BCUT2D eigenvalue weighted by molar-refractivity contribution is 5.67. The minimum Gasteiger partial charge on any atom is -0.445 e. The van der Waals surface area contributed by atoms with Crippen LogP contribution in [0.4, 0.5) is 9.18 Å². The molecule has 0 unspecified atom stereocenters. The minimum atomic E-state index is -0.427. The Labute approximate surface area is 94.1 Å². The normalized spacial score (nSPS) is 9.62. The number of amides is 1. The highest BCUT2D eigenvalue weighted by atomic mass is 19.1. The van der Waals surface area contributed by atoms with Gasteiger partial charge in [-0.05, 0) is 17.7 Å². The fourth-order valence-electron chi connectivity index (χ4n) is 1.10. The van der Waals surface area contributed by atoms with E-state index in [1.807, 2.05) is 0 Å². The first kappa shape index (κ1) is 12.2. The van der Waals surface area contributed by atoms with E-state index in [-0.39, 0.29) is 12.4 Å². The van der Waals surface area contributed by atoms with Crippen LogP contribution in [0.2, 0.25) is 0 Å². The lowest BCUT2D eigenvalue weighted by atomic mass is 10.2. The smallest absolute Gasteiger partial charge is 0.410 e. The highest BCUT2D eigenvalue weighted by Gasteiger charge is 2.07. The summed E-state index contributed by atoms with van der Waals surface area (Å²) in [5.74, 6) is -0.307. The van der Waals surface area contributed by atoms with Crippen LogP contribution in [0, 0.1) is 5.82 Å². The second-order valence-corrected chi connectivity index (χ2v) is 3.35. The summed E-state index contributed by atoms with van der Waals surface area (Å²) in [6, 6.07) is 5.82. The summed E-state index contributed by atoms with van der Waals surface area (Å²) in [5, 5.41) is 0.